The van der Waals surface area contributed by atoms with Gasteiger partial charge in [-0.25, -0.2) is 12.7 Å². The van der Waals surface area contributed by atoms with E-state index in [4.69, 9.17) is 4.74 Å². The third-order valence-corrected chi connectivity index (χ3v) is 5.80. The van der Waals surface area contributed by atoms with Crippen LogP contribution in [-0.4, -0.2) is 25.7 Å². The smallest absolute Gasteiger partial charge is 0.267 e. The lowest BCUT2D eigenvalue weighted by Crippen LogP contribution is -2.37. The van der Waals surface area contributed by atoms with E-state index in [-0.39, 0.29) is 4.90 Å². The average molecular weight is 347 g/mol. The Hall–Kier alpha value is -2.34. The molecule has 0 radical (unpaired) electrons. The fourth-order valence-electron chi connectivity index (χ4n) is 2.49. The van der Waals surface area contributed by atoms with Crippen molar-refractivity contribution >= 4 is 15.9 Å². The highest BCUT2D eigenvalue weighted by molar-refractivity contribution is 7.89. The molecule has 5 nitrogen and oxygen atoms in total. The number of sulfonamides is 1. The molecular weight excluding hydrogens is 326 g/mol. The predicted molar refractivity (Wildman–Crippen MR) is 92.3 cm³/mol. The Morgan fingerprint density at radius 2 is 1.58 bits per heavy atom. The monoisotopic (exact) mass is 347 g/mol. The van der Waals surface area contributed by atoms with Crippen LogP contribution < -0.4 is 4.74 Å². The number of aryl methyl sites for hydroxylation is 1. The second kappa shape index (κ2) is 7.05. The molecule has 0 fully saturated rings. The number of methoxy groups -OCH3 is 1. The zero-order chi connectivity index (χ0) is 17.9. The Labute approximate surface area is 142 Å². The first-order chi connectivity index (χ1) is 11.3. The van der Waals surface area contributed by atoms with E-state index in [0.29, 0.717) is 11.3 Å². The van der Waals surface area contributed by atoms with Crippen molar-refractivity contribution in [2.75, 3.05) is 7.11 Å². The van der Waals surface area contributed by atoms with Gasteiger partial charge in [-0.1, -0.05) is 29.8 Å². The third kappa shape index (κ3) is 3.59. The number of nitrogens with zero attached hydrogens (tertiary/aromatic N) is 1. The van der Waals surface area contributed by atoms with Gasteiger partial charge < -0.3 is 4.74 Å². The lowest BCUT2D eigenvalue weighted by Gasteiger charge is -2.28. The first-order valence-corrected chi connectivity index (χ1v) is 8.97. The zero-order valence-corrected chi connectivity index (χ0v) is 15.0. The molecular formula is C18H21NO4S. The summed E-state index contributed by atoms with van der Waals surface area (Å²) in [5.74, 6) is 0.139. The molecule has 2 rings (SSSR count). The van der Waals surface area contributed by atoms with Gasteiger partial charge in [0.25, 0.3) is 10.0 Å². The van der Waals surface area contributed by atoms with E-state index in [2.05, 4.69) is 0 Å². The summed E-state index contributed by atoms with van der Waals surface area (Å²) in [5.41, 5.74) is 1.66. The fourth-order valence-corrected chi connectivity index (χ4v) is 4.08. The van der Waals surface area contributed by atoms with Gasteiger partial charge in [0.05, 0.1) is 18.0 Å². The largest absolute Gasteiger partial charge is 0.497 e. The zero-order valence-electron chi connectivity index (χ0n) is 14.2. The SMILES string of the molecule is COc1ccc(C(C)N(C(C)=O)S(=O)(=O)c2ccc(C)cc2)cc1. The molecule has 2 aromatic rings. The van der Waals surface area contributed by atoms with Crippen molar-refractivity contribution < 1.29 is 17.9 Å². The fraction of sp³-hybridized carbons (Fsp3) is 0.278. The Morgan fingerprint density at radius 1 is 1.04 bits per heavy atom. The summed E-state index contributed by atoms with van der Waals surface area (Å²) in [7, 11) is -2.37. The van der Waals surface area contributed by atoms with Gasteiger partial charge in [-0.2, -0.15) is 0 Å². The van der Waals surface area contributed by atoms with Crippen LogP contribution in [0, 0.1) is 6.92 Å². The van der Waals surface area contributed by atoms with Crippen molar-refractivity contribution in [3.8, 4) is 5.75 Å². The standard InChI is InChI=1S/C18H21NO4S/c1-13-5-11-18(12-6-13)24(21,22)19(15(3)20)14(2)16-7-9-17(23-4)10-8-16/h5-12,14H,1-4H3. The molecule has 1 atom stereocenters. The number of hydrogen-bond acceptors (Lipinski definition) is 4. The number of ether oxygens (including phenoxy) is 1. The van der Waals surface area contributed by atoms with Crippen molar-refractivity contribution in [2.45, 2.75) is 31.7 Å². The van der Waals surface area contributed by atoms with Crippen molar-refractivity contribution in [3.05, 3.63) is 59.7 Å². The number of carbonyl (C=O) groups excluding carboxylic acids is 1. The number of rotatable bonds is 5. The first kappa shape index (κ1) is 18.0. The van der Waals surface area contributed by atoms with Crippen LogP contribution in [-0.2, 0) is 14.8 Å². The average Bonchev–Trinajstić information content (AvgIpc) is 2.54. The highest BCUT2D eigenvalue weighted by atomic mass is 32.2. The van der Waals surface area contributed by atoms with E-state index in [0.717, 1.165) is 9.87 Å². The minimum Gasteiger partial charge on any atom is -0.497 e. The van der Waals surface area contributed by atoms with Crippen LogP contribution in [0.5, 0.6) is 5.75 Å². The molecule has 0 saturated carbocycles. The van der Waals surface area contributed by atoms with Gasteiger partial charge in [0.1, 0.15) is 5.75 Å². The molecule has 6 heteroatoms. The molecule has 2 aromatic carbocycles. The molecule has 24 heavy (non-hydrogen) atoms. The lowest BCUT2D eigenvalue weighted by molar-refractivity contribution is -0.125. The van der Waals surface area contributed by atoms with E-state index < -0.39 is 22.0 Å². The molecule has 0 N–H and O–H groups in total. The maximum absolute atomic E-state index is 12.9. The van der Waals surface area contributed by atoms with Crippen molar-refractivity contribution in [2.24, 2.45) is 0 Å². The Balaban J connectivity index is 2.43. The van der Waals surface area contributed by atoms with Crippen LogP contribution in [0.2, 0.25) is 0 Å². The van der Waals surface area contributed by atoms with E-state index >= 15 is 0 Å². The van der Waals surface area contributed by atoms with Crippen LogP contribution in [0.4, 0.5) is 0 Å². The summed E-state index contributed by atoms with van der Waals surface area (Å²) in [6.45, 7) is 4.82. The van der Waals surface area contributed by atoms with E-state index in [1.807, 2.05) is 6.92 Å². The Morgan fingerprint density at radius 3 is 2.04 bits per heavy atom. The maximum atomic E-state index is 12.9. The van der Waals surface area contributed by atoms with Gasteiger partial charge in [-0.05, 0) is 43.7 Å². The van der Waals surface area contributed by atoms with E-state index in [9.17, 15) is 13.2 Å². The molecule has 128 valence electrons. The normalized spacial score (nSPS) is 12.5. The van der Waals surface area contributed by atoms with Crippen molar-refractivity contribution in [3.63, 3.8) is 0 Å². The van der Waals surface area contributed by atoms with Crippen LogP contribution >= 0.6 is 0 Å². The van der Waals surface area contributed by atoms with Crippen LogP contribution in [0.25, 0.3) is 0 Å². The topological polar surface area (TPSA) is 63.7 Å². The molecule has 0 aliphatic carbocycles. The van der Waals surface area contributed by atoms with Crippen LogP contribution in [0.1, 0.15) is 31.0 Å². The Kier molecular flexibility index (Phi) is 5.29. The van der Waals surface area contributed by atoms with E-state index in [1.165, 1.54) is 19.1 Å². The number of carbonyl (C=O) groups is 1. The molecule has 0 bridgehead atoms. The second-order valence-electron chi connectivity index (χ2n) is 5.58. The number of benzene rings is 2. The molecule has 0 aliphatic rings. The second-order valence-corrected chi connectivity index (χ2v) is 7.40. The molecule has 0 heterocycles. The molecule has 0 aliphatic heterocycles. The van der Waals surface area contributed by atoms with Gasteiger partial charge in [0, 0.05) is 6.92 Å². The summed E-state index contributed by atoms with van der Waals surface area (Å²) in [5, 5.41) is 0. The summed E-state index contributed by atoms with van der Waals surface area (Å²) in [6, 6.07) is 12.8. The van der Waals surface area contributed by atoms with Gasteiger partial charge in [0.15, 0.2) is 0 Å². The van der Waals surface area contributed by atoms with Crippen molar-refractivity contribution in [1.29, 1.82) is 0 Å². The van der Waals surface area contributed by atoms with E-state index in [1.54, 1.807) is 50.4 Å². The molecule has 1 unspecified atom stereocenters. The van der Waals surface area contributed by atoms with Crippen molar-refractivity contribution in [1.82, 2.24) is 4.31 Å². The van der Waals surface area contributed by atoms with Crippen LogP contribution in [0.15, 0.2) is 53.4 Å². The highest BCUT2D eigenvalue weighted by Crippen LogP contribution is 2.28. The van der Waals surface area contributed by atoms with Gasteiger partial charge in [-0.3, -0.25) is 4.79 Å². The first-order valence-electron chi connectivity index (χ1n) is 7.53. The summed E-state index contributed by atoms with van der Waals surface area (Å²) in [6.07, 6.45) is 0. The molecule has 1 amide bonds. The highest BCUT2D eigenvalue weighted by Gasteiger charge is 2.32. The summed E-state index contributed by atoms with van der Waals surface area (Å²) >= 11 is 0. The summed E-state index contributed by atoms with van der Waals surface area (Å²) in [4.78, 5) is 12.2. The minimum absolute atomic E-state index is 0.101. The Bertz CT molecular complexity index is 811. The molecule has 0 saturated heterocycles. The number of amides is 1. The minimum atomic E-state index is -3.93. The van der Waals surface area contributed by atoms with Gasteiger partial charge in [-0.15, -0.1) is 0 Å². The van der Waals surface area contributed by atoms with Crippen LogP contribution in [0.3, 0.4) is 0 Å². The van der Waals surface area contributed by atoms with Gasteiger partial charge in [0.2, 0.25) is 5.91 Å². The molecule has 0 spiro atoms. The third-order valence-electron chi connectivity index (χ3n) is 3.84. The summed E-state index contributed by atoms with van der Waals surface area (Å²) < 4.78 is 31.8. The quantitative estimate of drug-likeness (QED) is 0.832. The lowest BCUT2D eigenvalue weighted by atomic mass is 10.1. The molecule has 0 aromatic heterocycles. The predicted octanol–water partition coefficient (Wildman–Crippen LogP) is 3.30. The number of hydrogen-bond donors (Lipinski definition) is 0. The van der Waals surface area contributed by atoms with Gasteiger partial charge >= 0.3 is 0 Å². The maximum Gasteiger partial charge on any atom is 0.267 e.